The Bertz CT molecular complexity index is 1230. The van der Waals surface area contributed by atoms with Crippen LogP contribution in [0.4, 0.5) is 35.1 Å². The molecule has 1 amide bonds. The summed E-state index contributed by atoms with van der Waals surface area (Å²) >= 11 is 5.79. The Morgan fingerprint density at radius 1 is 0.882 bits per heavy atom. The average Bonchev–Trinajstić information content (AvgIpc) is 2.72. The summed E-state index contributed by atoms with van der Waals surface area (Å²) in [6.45, 7) is 1.18. The number of hydrogen-bond donors (Lipinski definition) is 1. The largest absolute Gasteiger partial charge is 0.419 e. The molecule has 2 aromatic carbocycles. The Morgan fingerprint density at radius 2 is 1.53 bits per heavy atom. The zero-order valence-electron chi connectivity index (χ0n) is 17.0. The number of rotatable bonds is 4. The van der Waals surface area contributed by atoms with E-state index in [-0.39, 0.29) is 22.8 Å². The SMILES string of the molecule is C[C@@](NC(=O)c1ccc(F)c(C(F)(F)F)c1)(c1cc(F)cc(C(F)(F)F)c1)c1ccc(Cl)cn1. The molecule has 0 unspecified atom stereocenters. The van der Waals surface area contributed by atoms with Gasteiger partial charge in [-0.05, 0) is 61.0 Å². The van der Waals surface area contributed by atoms with Crippen LogP contribution in [0.3, 0.4) is 0 Å². The molecule has 12 heteroatoms. The molecule has 0 fully saturated rings. The summed E-state index contributed by atoms with van der Waals surface area (Å²) in [7, 11) is 0. The van der Waals surface area contributed by atoms with Crippen LogP contribution in [-0.4, -0.2) is 10.9 Å². The lowest BCUT2D eigenvalue weighted by Crippen LogP contribution is -2.45. The van der Waals surface area contributed by atoms with E-state index in [1.807, 2.05) is 0 Å². The van der Waals surface area contributed by atoms with Crippen molar-refractivity contribution in [2.45, 2.75) is 24.8 Å². The van der Waals surface area contributed by atoms with Crippen molar-refractivity contribution in [3.63, 3.8) is 0 Å². The van der Waals surface area contributed by atoms with Gasteiger partial charge < -0.3 is 5.32 Å². The number of benzene rings is 2. The first-order chi connectivity index (χ1) is 15.6. The fourth-order valence-corrected chi connectivity index (χ4v) is 3.29. The molecule has 0 aliphatic heterocycles. The number of amides is 1. The van der Waals surface area contributed by atoms with Gasteiger partial charge >= 0.3 is 12.4 Å². The van der Waals surface area contributed by atoms with E-state index >= 15 is 0 Å². The summed E-state index contributed by atoms with van der Waals surface area (Å²) in [5.41, 5.74) is -6.17. The molecule has 1 N–H and O–H groups in total. The molecule has 3 rings (SSSR count). The molecule has 0 saturated heterocycles. The van der Waals surface area contributed by atoms with Gasteiger partial charge in [0.15, 0.2) is 0 Å². The zero-order chi connectivity index (χ0) is 25.5. The van der Waals surface area contributed by atoms with Crippen molar-refractivity contribution < 1.29 is 39.9 Å². The van der Waals surface area contributed by atoms with Crippen molar-refractivity contribution >= 4 is 17.5 Å². The highest BCUT2D eigenvalue weighted by Gasteiger charge is 2.39. The maximum atomic E-state index is 14.1. The Labute approximate surface area is 192 Å². The van der Waals surface area contributed by atoms with Gasteiger partial charge in [-0.2, -0.15) is 26.3 Å². The van der Waals surface area contributed by atoms with Crippen molar-refractivity contribution in [3.05, 3.63) is 99.3 Å². The van der Waals surface area contributed by atoms with Crippen LogP contribution in [0.1, 0.15) is 39.7 Å². The quantitative estimate of drug-likeness (QED) is 0.396. The maximum Gasteiger partial charge on any atom is 0.419 e. The van der Waals surface area contributed by atoms with Gasteiger partial charge in [-0.25, -0.2) is 8.78 Å². The van der Waals surface area contributed by atoms with Gasteiger partial charge in [-0.3, -0.25) is 9.78 Å². The molecule has 180 valence electrons. The highest BCUT2D eigenvalue weighted by Crippen LogP contribution is 2.36. The smallest absolute Gasteiger partial charge is 0.337 e. The number of aromatic nitrogens is 1. The Morgan fingerprint density at radius 3 is 2.09 bits per heavy atom. The van der Waals surface area contributed by atoms with Crippen molar-refractivity contribution in [2.24, 2.45) is 0 Å². The molecule has 0 radical (unpaired) electrons. The number of carbonyl (C=O) groups excluding carboxylic acids is 1. The number of hydrogen-bond acceptors (Lipinski definition) is 2. The number of halogens is 9. The van der Waals surface area contributed by atoms with Crippen molar-refractivity contribution in [1.29, 1.82) is 0 Å². The van der Waals surface area contributed by atoms with E-state index in [0.717, 1.165) is 18.3 Å². The molecule has 0 spiro atoms. The molecule has 1 atom stereocenters. The monoisotopic (exact) mass is 508 g/mol. The van der Waals surface area contributed by atoms with Crippen LogP contribution in [0.15, 0.2) is 54.7 Å². The first-order valence-electron chi connectivity index (χ1n) is 9.31. The van der Waals surface area contributed by atoms with Gasteiger partial charge in [-0.15, -0.1) is 0 Å². The van der Waals surface area contributed by atoms with Crippen LogP contribution < -0.4 is 5.32 Å². The van der Waals surface area contributed by atoms with Gasteiger partial charge in [0.2, 0.25) is 0 Å². The first kappa shape index (κ1) is 25.4. The molecule has 3 aromatic rings. The number of nitrogens with zero attached hydrogens (tertiary/aromatic N) is 1. The molecule has 34 heavy (non-hydrogen) atoms. The Balaban J connectivity index is 2.15. The lowest BCUT2D eigenvalue weighted by Gasteiger charge is -2.32. The normalized spacial score (nSPS) is 13.9. The first-order valence-corrected chi connectivity index (χ1v) is 9.68. The minimum absolute atomic E-state index is 0.0952. The average molecular weight is 509 g/mol. The summed E-state index contributed by atoms with van der Waals surface area (Å²) < 4.78 is 107. The lowest BCUT2D eigenvalue weighted by molar-refractivity contribution is -0.140. The second-order valence-electron chi connectivity index (χ2n) is 7.36. The van der Waals surface area contributed by atoms with Crippen LogP contribution in [0.2, 0.25) is 5.02 Å². The van der Waals surface area contributed by atoms with E-state index in [1.165, 1.54) is 19.1 Å². The fourth-order valence-electron chi connectivity index (χ4n) is 3.18. The zero-order valence-corrected chi connectivity index (χ0v) is 17.7. The standard InChI is InChI=1S/C22H13ClF8N2O/c1-20(18-5-3-14(23)10-32-18,12-7-13(21(26,27)28)9-15(24)8-12)33-19(34)11-2-4-17(25)16(6-11)22(29,30)31/h2-10H,1H3,(H,33,34)/t20-/m1/s1. The van der Waals surface area contributed by atoms with Crippen molar-refractivity contribution in [1.82, 2.24) is 10.3 Å². The fraction of sp³-hybridized carbons (Fsp3) is 0.182. The van der Waals surface area contributed by atoms with Crippen LogP contribution in [-0.2, 0) is 17.9 Å². The second kappa shape index (κ2) is 8.86. The molecular weight excluding hydrogens is 496 g/mol. The van der Waals surface area contributed by atoms with E-state index in [1.54, 1.807) is 0 Å². The van der Waals surface area contributed by atoms with Gasteiger partial charge in [0.05, 0.1) is 21.8 Å². The van der Waals surface area contributed by atoms with E-state index in [0.29, 0.717) is 12.1 Å². The van der Waals surface area contributed by atoms with E-state index < -0.39 is 57.7 Å². The highest BCUT2D eigenvalue weighted by molar-refractivity contribution is 6.30. The summed E-state index contributed by atoms with van der Waals surface area (Å²) in [5, 5.41) is 2.44. The number of alkyl halides is 6. The molecular formula is C22H13ClF8N2O. The van der Waals surface area contributed by atoms with Crippen molar-refractivity contribution in [3.8, 4) is 0 Å². The third-order valence-corrected chi connectivity index (χ3v) is 5.16. The van der Waals surface area contributed by atoms with Crippen molar-refractivity contribution in [2.75, 3.05) is 0 Å². The number of carbonyl (C=O) groups is 1. The topological polar surface area (TPSA) is 42.0 Å². The van der Waals surface area contributed by atoms with Crippen LogP contribution in [0.5, 0.6) is 0 Å². The highest BCUT2D eigenvalue weighted by atomic mass is 35.5. The van der Waals surface area contributed by atoms with E-state index in [4.69, 9.17) is 11.6 Å². The van der Waals surface area contributed by atoms with Gasteiger partial charge in [0.25, 0.3) is 5.91 Å². The van der Waals surface area contributed by atoms with Gasteiger partial charge in [0.1, 0.15) is 17.2 Å². The summed E-state index contributed by atoms with van der Waals surface area (Å²) in [6.07, 6.45) is -8.93. The molecule has 3 nitrogen and oxygen atoms in total. The Hall–Kier alpha value is -3.21. The second-order valence-corrected chi connectivity index (χ2v) is 7.80. The third-order valence-electron chi connectivity index (χ3n) is 4.94. The molecule has 1 aromatic heterocycles. The number of pyridine rings is 1. The molecule has 0 saturated carbocycles. The predicted molar refractivity (Wildman–Crippen MR) is 106 cm³/mol. The maximum absolute atomic E-state index is 14.1. The van der Waals surface area contributed by atoms with Gasteiger partial charge in [0, 0.05) is 11.8 Å². The van der Waals surface area contributed by atoms with E-state index in [2.05, 4.69) is 10.3 Å². The lowest BCUT2D eigenvalue weighted by atomic mass is 9.86. The number of nitrogens with one attached hydrogen (secondary N) is 1. The minimum Gasteiger partial charge on any atom is -0.337 e. The van der Waals surface area contributed by atoms with Crippen LogP contribution >= 0.6 is 11.6 Å². The summed E-state index contributed by atoms with van der Waals surface area (Å²) in [4.78, 5) is 16.8. The predicted octanol–water partition coefficient (Wildman–Crippen LogP) is 6.74. The molecule has 0 bridgehead atoms. The molecule has 0 aliphatic carbocycles. The molecule has 0 aliphatic rings. The molecule has 1 heterocycles. The van der Waals surface area contributed by atoms with Gasteiger partial charge in [-0.1, -0.05) is 11.6 Å². The summed E-state index contributed by atoms with van der Waals surface area (Å²) in [6, 6.07) is 5.54. The third kappa shape index (κ3) is 5.30. The van der Waals surface area contributed by atoms with Crippen LogP contribution in [0, 0.1) is 11.6 Å². The summed E-state index contributed by atoms with van der Waals surface area (Å²) in [5.74, 6) is -4.10. The van der Waals surface area contributed by atoms with E-state index in [9.17, 15) is 39.9 Å². The minimum atomic E-state index is -5.11. The Kier molecular flexibility index (Phi) is 6.62. The van der Waals surface area contributed by atoms with Crippen LogP contribution in [0.25, 0.3) is 0 Å².